The number of carbonyl (C=O) groups excluding carboxylic acids is 2. The van der Waals surface area contributed by atoms with E-state index in [1.807, 2.05) is 43.3 Å². The lowest BCUT2D eigenvalue weighted by Gasteiger charge is -2.15. The molecule has 1 unspecified atom stereocenters. The minimum absolute atomic E-state index is 0.217. The molecule has 5 rings (SSSR count). The van der Waals surface area contributed by atoms with E-state index in [9.17, 15) is 9.59 Å². The van der Waals surface area contributed by atoms with Crippen LogP contribution in [0.4, 0.5) is 16.2 Å². The van der Waals surface area contributed by atoms with Gasteiger partial charge in [-0.05, 0) is 79.6 Å². The summed E-state index contributed by atoms with van der Waals surface area (Å²) in [6.45, 7) is 3.25. The summed E-state index contributed by atoms with van der Waals surface area (Å²) in [5, 5.41) is 9.33. The smallest absolute Gasteiger partial charge is 0.407 e. The fourth-order valence-electron chi connectivity index (χ4n) is 4.47. The Morgan fingerprint density at radius 1 is 1.00 bits per heavy atom. The van der Waals surface area contributed by atoms with Crippen LogP contribution in [0.3, 0.4) is 0 Å². The second-order valence-corrected chi connectivity index (χ2v) is 10.1. The number of rotatable bonds is 10. The molecule has 0 heterocycles. The molecule has 3 aromatic rings. The molecule has 2 saturated carbocycles. The Bertz CT molecular complexity index is 1240. The Hall–Kier alpha value is -3.84. The molecule has 0 bridgehead atoms. The summed E-state index contributed by atoms with van der Waals surface area (Å²) >= 11 is 0. The van der Waals surface area contributed by atoms with Crippen molar-refractivity contribution in [2.45, 2.75) is 50.8 Å². The van der Waals surface area contributed by atoms with Gasteiger partial charge in [-0.1, -0.05) is 48.5 Å². The van der Waals surface area contributed by atoms with Gasteiger partial charge in [0.1, 0.15) is 6.61 Å². The van der Waals surface area contributed by atoms with Crippen LogP contribution in [0.2, 0.25) is 0 Å². The third-order valence-electron chi connectivity index (χ3n) is 7.15. The van der Waals surface area contributed by atoms with Gasteiger partial charge in [-0.15, -0.1) is 0 Å². The first-order chi connectivity index (χ1) is 18.0. The Labute approximate surface area is 217 Å². The molecule has 5 N–H and O–H groups in total. The third kappa shape index (κ3) is 6.68. The largest absolute Gasteiger partial charge is 0.445 e. The van der Waals surface area contributed by atoms with Gasteiger partial charge in [-0.2, -0.15) is 0 Å². The minimum atomic E-state index is -0.482. The van der Waals surface area contributed by atoms with E-state index in [0.29, 0.717) is 28.9 Å². The van der Waals surface area contributed by atoms with Crippen molar-refractivity contribution < 1.29 is 14.3 Å². The monoisotopic (exact) mass is 498 g/mol. The molecule has 2 aliphatic rings. The average Bonchev–Trinajstić information content (AvgIpc) is 3.83. The number of para-hydroxylation sites is 2. The van der Waals surface area contributed by atoms with Gasteiger partial charge >= 0.3 is 6.09 Å². The molecule has 3 atom stereocenters. The molecule has 2 amide bonds. The van der Waals surface area contributed by atoms with Crippen molar-refractivity contribution in [3.05, 3.63) is 95.1 Å². The minimum Gasteiger partial charge on any atom is -0.445 e. The first-order valence-electron chi connectivity index (χ1n) is 13.0. The zero-order valence-corrected chi connectivity index (χ0v) is 21.1. The molecule has 0 saturated heterocycles. The highest BCUT2D eigenvalue weighted by molar-refractivity contribution is 6.05. The van der Waals surface area contributed by atoms with Crippen LogP contribution in [0.15, 0.2) is 72.8 Å². The van der Waals surface area contributed by atoms with Gasteiger partial charge in [0.05, 0.1) is 17.4 Å². The lowest BCUT2D eigenvalue weighted by Crippen LogP contribution is -2.27. The van der Waals surface area contributed by atoms with Crippen molar-refractivity contribution in [3.63, 3.8) is 0 Å². The van der Waals surface area contributed by atoms with Crippen LogP contribution < -0.4 is 21.7 Å². The van der Waals surface area contributed by atoms with E-state index in [2.05, 4.69) is 28.1 Å². The second-order valence-electron chi connectivity index (χ2n) is 10.1. The van der Waals surface area contributed by atoms with E-state index in [1.54, 1.807) is 24.3 Å². The number of alkyl carbamates (subject to hydrolysis) is 1. The number of anilines is 2. The molecule has 37 heavy (non-hydrogen) atoms. The van der Waals surface area contributed by atoms with Crippen molar-refractivity contribution in [1.29, 1.82) is 0 Å². The van der Waals surface area contributed by atoms with E-state index in [1.165, 1.54) is 24.8 Å². The highest BCUT2D eigenvalue weighted by Gasteiger charge is 2.38. The van der Waals surface area contributed by atoms with Crippen LogP contribution in [0.5, 0.6) is 0 Å². The van der Waals surface area contributed by atoms with Crippen molar-refractivity contribution in [2.24, 2.45) is 5.92 Å². The number of nitrogen functional groups attached to an aromatic ring is 1. The van der Waals surface area contributed by atoms with Gasteiger partial charge in [0.15, 0.2) is 0 Å². The lowest BCUT2D eigenvalue weighted by molar-refractivity contribution is 0.102. The molecule has 2 fully saturated rings. The Morgan fingerprint density at radius 2 is 1.73 bits per heavy atom. The molecule has 3 aromatic carbocycles. The van der Waals surface area contributed by atoms with Gasteiger partial charge in [-0.25, -0.2) is 4.79 Å². The second kappa shape index (κ2) is 11.0. The third-order valence-corrected chi connectivity index (χ3v) is 7.15. The van der Waals surface area contributed by atoms with E-state index in [0.717, 1.165) is 23.6 Å². The number of nitrogens with two attached hydrogens (primary N) is 1. The summed E-state index contributed by atoms with van der Waals surface area (Å²) in [4.78, 5) is 24.9. The summed E-state index contributed by atoms with van der Waals surface area (Å²) in [6.07, 6.45) is 3.48. The Morgan fingerprint density at radius 3 is 2.43 bits per heavy atom. The van der Waals surface area contributed by atoms with Gasteiger partial charge in [0, 0.05) is 17.5 Å². The summed E-state index contributed by atoms with van der Waals surface area (Å²) in [5.74, 6) is 1.26. The van der Waals surface area contributed by atoms with Crippen LogP contribution in [0, 0.1) is 5.92 Å². The fourth-order valence-corrected chi connectivity index (χ4v) is 4.47. The number of benzene rings is 3. The zero-order valence-electron chi connectivity index (χ0n) is 21.1. The van der Waals surface area contributed by atoms with Gasteiger partial charge in [-0.3, -0.25) is 4.79 Å². The predicted molar refractivity (Wildman–Crippen MR) is 145 cm³/mol. The number of ether oxygens (including phenoxy) is 1. The Balaban J connectivity index is 1.05. The highest BCUT2D eigenvalue weighted by atomic mass is 16.5. The molecule has 0 radical (unpaired) electrons. The fraction of sp³-hybridized carbons (Fsp3) is 0.333. The van der Waals surface area contributed by atoms with Crippen molar-refractivity contribution in [1.82, 2.24) is 10.6 Å². The summed E-state index contributed by atoms with van der Waals surface area (Å²) in [7, 11) is 0. The van der Waals surface area contributed by atoms with Crippen LogP contribution in [0.1, 0.15) is 65.2 Å². The average molecular weight is 499 g/mol. The maximum atomic E-state index is 12.5. The number of hydrogen-bond acceptors (Lipinski definition) is 5. The first kappa shape index (κ1) is 24.8. The molecular formula is C30H34N4O3. The van der Waals surface area contributed by atoms with Gasteiger partial charge in [0.2, 0.25) is 0 Å². The van der Waals surface area contributed by atoms with E-state index in [-0.39, 0.29) is 18.6 Å². The van der Waals surface area contributed by atoms with Crippen molar-refractivity contribution in [3.8, 4) is 0 Å². The molecule has 2 aliphatic carbocycles. The molecule has 7 heteroatoms. The molecule has 0 spiro atoms. The molecular weight excluding hydrogens is 464 g/mol. The first-order valence-corrected chi connectivity index (χ1v) is 13.0. The maximum absolute atomic E-state index is 12.5. The zero-order chi connectivity index (χ0) is 25.8. The van der Waals surface area contributed by atoms with Crippen LogP contribution >= 0.6 is 0 Å². The quantitative estimate of drug-likeness (QED) is 0.282. The van der Waals surface area contributed by atoms with E-state index in [4.69, 9.17) is 10.5 Å². The topological polar surface area (TPSA) is 105 Å². The number of hydrogen-bond donors (Lipinski definition) is 4. The standard InChI is InChI=1S/C30H34N4O3/c1-19(22-12-14-24(15-13-22)29(35)34-27-5-3-2-4-26(27)31)33-30(36)37-18-21-8-10-23(11-9-21)25-16-28(25)32-17-20-6-7-20/h2-5,8-15,19-20,25,28,32H,6-7,16-18,31H2,1H3,(H,33,36)(H,34,35)/t19-,25?,28-/m0/s1. The predicted octanol–water partition coefficient (Wildman–Crippen LogP) is 5.36. The molecule has 0 aromatic heterocycles. The lowest BCUT2D eigenvalue weighted by atomic mass is 10.1. The van der Waals surface area contributed by atoms with E-state index < -0.39 is 6.09 Å². The van der Waals surface area contributed by atoms with Crippen LogP contribution in [-0.2, 0) is 11.3 Å². The van der Waals surface area contributed by atoms with Crippen LogP contribution in [0.25, 0.3) is 0 Å². The number of carbonyl (C=O) groups is 2. The van der Waals surface area contributed by atoms with E-state index >= 15 is 0 Å². The van der Waals surface area contributed by atoms with Gasteiger partial charge in [0.25, 0.3) is 5.91 Å². The summed E-state index contributed by atoms with van der Waals surface area (Å²) in [5.41, 5.74) is 10.7. The molecule has 192 valence electrons. The normalized spacial score (nSPS) is 19.1. The summed E-state index contributed by atoms with van der Waals surface area (Å²) < 4.78 is 5.43. The van der Waals surface area contributed by atoms with Crippen molar-refractivity contribution >= 4 is 23.4 Å². The SMILES string of the molecule is C[C@H](NC(=O)OCc1ccc(C2C[C@@H]2NCC2CC2)cc1)c1ccc(C(=O)Nc2ccccc2N)cc1. The Kier molecular flexibility index (Phi) is 7.42. The van der Waals surface area contributed by atoms with Gasteiger partial charge < -0.3 is 26.4 Å². The maximum Gasteiger partial charge on any atom is 0.407 e. The van der Waals surface area contributed by atoms with Crippen molar-refractivity contribution in [2.75, 3.05) is 17.6 Å². The molecule has 0 aliphatic heterocycles. The summed E-state index contributed by atoms with van der Waals surface area (Å²) in [6, 6.07) is 22.9. The number of amides is 2. The highest BCUT2D eigenvalue weighted by Crippen LogP contribution is 2.41. The number of nitrogens with one attached hydrogen (secondary N) is 3. The molecule has 7 nitrogen and oxygen atoms in total. The van der Waals surface area contributed by atoms with Crippen LogP contribution in [-0.4, -0.2) is 24.6 Å².